The van der Waals surface area contributed by atoms with Crippen molar-refractivity contribution >= 4 is 65.4 Å². The van der Waals surface area contributed by atoms with E-state index in [-0.39, 0.29) is 16.8 Å². The third-order valence-corrected chi connectivity index (χ3v) is 9.52. The highest BCUT2D eigenvalue weighted by molar-refractivity contribution is 6.13. The molecule has 0 amide bonds. The van der Waals surface area contributed by atoms with Gasteiger partial charge in [-0.05, 0) is 94.8 Å². The monoisotopic (exact) mass is 757 g/mol. The lowest BCUT2D eigenvalue weighted by molar-refractivity contribution is 1.15. The highest BCUT2D eigenvalue weighted by atomic mass is 15.0. The minimum absolute atomic E-state index is 0.315. The molecule has 0 fully saturated rings. The molecule has 57 heavy (non-hydrogen) atoms. The third kappa shape index (κ3) is 4.86. The van der Waals surface area contributed by atoms with Crippen LogP contribution in [0.2, 0.25) is 0 Å². The minimum atomic E-state index is -1.08. The van der Waals surface area contributed by atoms with Crippen molar-refractivity contribution in [2.45, 2.75) is 0 Å². The van der Waals surface area contributed by atoms with Gasteiger partial charge in [-0.25, -0.2) is 0 Å². The number of aromatic nitrogens is 3. The number of hydrogen-bond acceptors (Lipinski definition) is 0. The molecular weight excluding hydrogens is 691 g/mol. The van der Waals surface area contributed by atoms with Gasteiger partial charge in [0.15, 0.2) is 0 Å². The first-order chi connectivity index (χ1) is 41.6. The Labute approximate surface area is 374 Å². The van der Waals surface area contributed by atoms with Crippen LogP contribution in [0.15, 0.2) is 212 Å². The second-order valence-corrected chi connectivity index (χ2v) is 12.6. The molecule has 0 N–H and O–H groups in total. The van der Waals surface area contributed by atoms with Crippen LogP contribution in [0.1, 0.15) is 43.9 Å². The van der Waals surface area contributed by atoms with Gasteiger partial charge in [0.05, 0.1) is 77.0 Å². The molecular formula is C54H35N3. The van der Waals surface area contributed by atoms with E-state index >= 15 is 0 Å². The van der Waals surface area contributed by atoms with E-state index in [1.807, 2.05) is 0 Å². The lowest BCUT2D eigenvalue weighted by Gasteiger charge is -2.14. The summed E-state index contributed by atoms with van der Waals surface area (Å²) < 4.78 is 293. The van der Waals surface area contributed by atoms with E-state index in [1.165, 1.54) is 0 Å². The van der Waals surface area contributed by atoms with E-state index < -0.39 is 281 Å². The van der Waals surface area contributed by atoms with E-state index in [0.717, 1.165) is 31.9 Å². The maximum atomic E-state index is 10.3. The molecule has 0 unspecified atom stereocenters. The largest absolute Gasteiger partial charge is 0.309 e. The first kappa shape index (κ1) is 13.5. The van der Waals surface area contributed by atoms with Crippen molar-refractivity contribution in [3.63, 3.8) is 0 Å². The lowest BCUT2D eigenvalue weighted by Crippen LogP contribution is -1.98. The van der Waals surface area contributed by atoms with Crippen molar-refractivity contribution in [1.82, 2.24) is 13.7 Å². The van der Waals surface area contributed by atoms with Gasteiger partial charge in [0.25, 0.3) is 0 Å². The van der Waals surface area contributed by atoms with Crippen molar-refractivity contribution in [2.75, 3.05) is 0 Å². The molecule has 0 spiro atoms. The predicted octanol–water partition coefficient (Wildman–Crippen LogP) is 14.3. The van der Waals surface area contributed by atoms with Crippen LogP contribution < -0.4 is 0 Å². The summed E-state index contributed by atoms with van der Waals surface area (Å²) in [6.45, 7) is 0. The lowest BCUT2D eigenvalue weighted by atomic mass is 9.98. The Morgan fingerprint density at radius 3 is 1.14 bits per heavy atom. The molecule has 3 nitrogen and oxygen atoms in total. The Bertz CT molecular complexity index is 5180. The van der Waals surface area contributed by atoms with Crippen molar-refractivity contribution in [1.29, 1.82) is 0 Å². The van der Waals surface area contributed by atoms with Gasteiger partial charge in [0.1, 0.15) is 0 Å². The van der Waals surface area contributed by atoms with Gasteiger partial charge in [0.2, 0.25) is 0 Å². The van der Waals surface area contributed by atoms with E-state index in [2.05, 4.69) is 0 Å². The number of fused-ring (bicyclic) bond motifs is 9. The normalized spacial score (nSPS) is 19.7. The van der Waals surface area contributed by atoms with E-state index in [9.17, 15) is 16.4 Å². The van der Waals surface area contributed by atoms with Gasteiger partial charge in [-0.3, -0.25) is 0 Å². The molecule has 0 bridgehead atoms. The molecule has 266 valence electrons. The van der Waals surface area contributed by atoms with Gasteiger partial charge in [0, 0.05) is 49.4 Å². The maximum absolute atomic E-state index is 10.3. The number of nitrogens with zero attached hydrogens (tertiary/aromatic N) is 3. The van der Waals surface area contributed by atoms with E-state index in [1.54, 1.807) is 0 Å². The second kappa shape index (κ2) is 12.5. The number of hydrogen-bond donors (Lipinski definition) is 0. The SMILES string of the molecule is [2H]c1c([2H])c([2H])c(-c2cc(-c3c([2H])c([2H])c([2H])c([2H])c3[2H])cc(-n3c4c([2H])c([2H])c([2H])c([2H])c4c4c([2H])c(-n5c6c([2H])c([2H])c([2H])c([2H])c6c6c([2H])c([2H])c(-n7c8c([2H])c([2H])c([2H])c([2H])c8c8c([2H])c([2H])c([2H])c([2H])c87)c([2H])c65)c([2H])c([2H])c43)c2)c([2H])c1[2H]. The number of benzene rings is 9. The van der Waals surface area contributed by atoms with E-state index in [0.29, 0.717) is 0 Å². The first-order valence-corrected chi connectivity index (χ1v) is 17.0. The van der Waals surface area contributed by atoms with Crippen molar-refractivity contribution < 1.29 is 43.9 Å². The van der Waals surface area contributed by atoms with Crippen molar-refractivity contribution in [3.8, 4) is 39.3 Å². The fourth-order valence-corrected chi connectivity index (χ4v) is 7.17. The van der Waals surface area contributed by atoms with Gasteiger partial charge in [-0.2, -0.15) is 0 Å². The Morgan fingerprint density at radius 2 is 0.614 bits per heavy atom. The molecule has 3 heterocycles. The van der Waals surface area contributed by atoms with Gasteiger partial charge < -0.3 is 13.7 Å². The van der Waals surface area contributed by atoms with Crippen LogP contribution >= 0.6 is 0 Å². The summed E-state index contributed by atoms with van der Waals surface area (Å²) in [6.07, 6.45) is 0. The minimum Gasteiger partial charge on any atom is -0.309 e. The molecule has 0 saturated heterocycles. The van der Waals surface area contributed by atoms with Crippen molar-refractivity contribution in [2.24, 2.45) is 0 Å². The quantitative estimate of drug-likeness (QED) is 0.166. The van der Waals surface area contributed by atoms with Gasteiger partial charge in [-0.1, -0.05) is 139 Å². The van der Waals surface area contributed by atoms with Gasteiger partial charge in [-0.15, -0.1) is 0 Å². The molecule has 12 aromatic rings. The zero-order valence-corrected chi connectivity index (χ0v) is 28.6. The molecule has 0 radical (unpaired) electrons. The predicted molar refractivity (Wildman–Crippen MR) is 240 cm³/mol. The standard InChI is InChI=1S/C54H35N3/c1-3-15-36(16-4-1)38-31-39(37-17-5-2-6-18-37)33-42(32-38)57-52-26-14-10-22-46(52)48-34-40(28-30-53(48)57)56-51-25-13-9-21-45(51)47-29-27-41(35-54(47)56)55-49-23-11-7-19-43(49)44-20-8-12-24-50(44)55/h1-35H/i1D,2D,3D,4D,5D,6D,7D,8D,9D,10D,11D,12D,13D,14D,15D,16D,17D,18D,19D,20D,21D,22D,23D,24D,25D,26D,27D,28D,29D,30D,34D,35D. The summed E-state index contributed by atoms with van der Waals surface area (Å²) in [5, 5.41) is -3.45. The molecule has 0 atom stereocenters. The first-order valence-electron chi connectivity index (χ1n) is 33.0. The average Bonchev–Trinajstić information content (AvgIpc) is 1.54. The van der Waals surface area contributed by atoms with Crippen LogP contribution in [0.5, 0.6) is 0 Å². The Kier molecular flexibility index (Phi) is 2.96. The number of para-hydroxylation sites is 4. The molecule has 3 aromatic heterocycles. The molecule has 0 aliphatic heterocycles. The number of rotatable bonds is 5. The van der Waals surface area contributed by atoms with Crippen LogP contribution in [0.4, 0.5) is 0 Å². The maximum Gasteiger partial charge on any atom is 0.0667 e. The molecule has 9 aromatic carbocycles. The van der Waals surface area contributed by atoms with Crippen LogP contribution in [-0.2, 0) is 0 Å². The topological polar surface area (TPSA) is 14.8 Å². The van der Waals surface area contributed by atoms with Crippen LogP contribution in [0.25, 0.3) is 105 Å². The molecule has 0 aliphatic rings. The molecule has 3 heteroatoms. The van der Waals surface area contributed by atoms with Gasteiger partial charge >= 0.3 is 0 Å². The fourth-order valence-electron chi connectivity index (χ4n) is 7.17. The van der Waals surface area contributed by atoms with Crippen molar-refractivity contribution in [3.05, 3.63) is 212 Å². The summed E-state index contributed by atoms with van der Waals surface area (Å²) >= 11 is 0. The third-order valence-electron chi connectivity index (χ3n) is 9.52. The summed E-state index contributed by atoms with van der Waals surface area (Å²) in [6, 6.07) is -25.0. The van der Waals surface area contributed by atoms with Crippen LogP contribution in [-0.4, -0.2) is 13.7 Å². The van der Waals surface area contributed by atoms with Crippen LogP contribution in [0, 0.1) is 0 Å². The highest BCUT2D eigenvalue weighted by Gasteiger charge is 2.19. The zero-order valence-electron chi connectivity index (χ0n) is 60.6. The summed E-state index contributed by atoms with van der Waals surface area (Å²) in [5.41, 5.74) is -7.64. The fraction of sp³-hybridized carbons (Fsp3) is 0. The Morgan fingerprint density at radius 1 is 0.246 bits per heavy atom. The molecule has 12 rings (SSSR count). The van der Waals surface area contributed by atoms with E-state index in [4.69, 9.17) is 27.4 Å². The Hall–Kier alpha value is -7.62. The Balaban J connectivity index is 1.32. The zero-order chi connectivity index (χ0) is 65.3. The molecule has 0 saturated carbocycles. The van der Waals surface area contributed by atoms with Crippen LogP contribution in [0.3, 0.4) is 0 Å². The highest BCUT2D eigenvalue weighted by Crippen LogP contribution is 2.40. The summed E-state index contributed by atoms with van der Waals surface area (Å²) in [7, 11) is 0. The summed E-state index contributed by atoms with van der Waals surface area (Å²) in [4.78, 5) is 0. The second-order valence-electron chi connectivity index (χ2n) is 12.6. The summed E-state index contributed by atoms with van der Waals surface area (Å²) in [5.74, 6) is 0. The average molecular weight is 758 g/mol. The smallest absolute Gasteiger partial charge is 0.0667 e. The molecule has 0 aliphatic carbocycles.